The number of ether oxygens (including phenoxy) is 2. The standard InChI is InChI=1S/C22H28N2O3/c1-26-19-10-6-17(7-11-19)21(24-14-4-3-5-15-24)16-23-22(25)18-8-12-20(27-2)13-9-18/h6-13,21H,3-5,14-16H2,1-2H3,(H,23,25)/t21-/m1/s1. The summed E-state index contributed by atoms with van der Waals surface area (Å²) in [5, 5.41) is 3.11. The van der Waals surface area contributed by atoms with Gasteiger partial charge >= 0.3 is 0 Å². The first kappa shape index (κ1) is 19.2. The molecular weight excluding hydrogens is 340 g/mol. The van der Waals surface area contributed by atoms with Crippen molar-refractivity contribution in [2.24, 2.45) is 0 Å². The maximum Gasteiger partial charge on any atom is 0.251 e. The highest BCUT2D eigenvalue weighted by atomic mass is 16.5. The van der Waals surface area contributed by atoms with Gasteiger partial charge in [-0.2, -0.15) is 0 Å². The Morgan fingerprint density at radius 2 is 1.48 bits per heavy atom. The summed E-state index contributed by atoms with van der Waals surface area (Å²) >= 11 is 0. The van der Waals surface area contributed by atoms with Crippen LogP contribution in [0.2, 0.25) is 0 Å². The van der Waals surface area contributed by atoms with Crippen LogP contribution in [0.4, 0.5) is 0 Å². The zero-order valence-electron chi connectivity index (χ0n) is 16.1. The fourth-order valence-corrected chi connectivity index (χ4v) is 3.55. The molecule has 0 spiro atoms. The number of hydrogen-bond donors (Lipinski definition) is 1. The van der Waals surface area contributed by atoms with Crippen LogP contribution in [0.3, 0.4) is 0 Å². The molecule has 1 amide bonds. The molecule has 1 aliphatic heterocycles. The lowest BCUT2D eigenvalue weighted by molar-refractivity contribution is 0.0924. The van der Waals surface area contributed by atoms with Gasteiger partial charge in [0.2, 0.25) is 0 Å². The van der Waals surface area contributed by atoms with E-state index in [9.17, 15) is 4.79 Å². The lowest BCUT2D eigenvalue weighted by atomic mass is 10.0. The third-order valence-electron chi connectivity index (χ3n) is 5.14. The summed E-state index contributed by atoms with van der Waals surface area (Å²) in [6.45, 7) is 2.71. The molecule has 1 N–H and O–H groups in total. The van der Waals surface area contributed by atoms with Crippen LogP contribution in [0.15, 0.2) is 48.5 Å². The lowest BCUT2D eigenvalue weighted by Crippen LogP contribution is -2.40. The zero-order valence-corrected chi connectivity index (χ0v) is 16.1. The van der Waals surface area contributed by atoms with Gasteiger partial charge in [-0.05, 0) is 67.9 Å². The van der Waals surface area contributed by atoms with Crippen molar-refractivity contribution in [2.75, 3.05) is 33.9 Å². The van der Waals surface area contributed by atoms with Gasteiger partial charge in [-0.1, -0.05) is 18.6 Å². The quantitative estimate of drug-likeness (QED) is 0.810. The molecule has 0 aromatic heterocycles. The van der Waals surface area contributed by atoms with Crippen molar-refractivity contribution < 1.29 is 14.3 Å². The van der Waals surface area contributed by atoms with Crippen molar-refractivity contribution in [3.8, 4) is 11.5 Å². The molecule has 144 valence electrons. The van der Waals surface area contributed by atoms with E-state index in [0.717, 1.165) is 24.6 Å². The van der Waals surface area contributed by atoms with Crippen molar-refractivity contribution in [1.82, 2.24) is 10.2 Å². The van der Waals surface area contributed by atoms with Crippen LogP contribution in [0.25, 0.3) is 0 Å². The smallest absolute Gasteiger partial charge is 0.251 e. The van der Waals surface area contributed by atoms with E-state index in [1.807, 2.05) is 12.1 Å². The predicted octanol–water partition coefficient (Wildman–Crippen LogP) is 3.66. The average Bonchev–Trinajstić information content (AvgIpc) is 2.75. The van der Waals surface area contributed by atoms with Crippen LogP contribution in [0.1, 0.15) is 41.2 Å². The van der Waals surface area contributed by atoms with E-state index in [1.54, 1.807) is 38.5 Å². The molecule has 1 heterocycles. The second-order valence-corrected chi connectivity index (χ2v) is 6.82. The molecule has 3 rings (SSSR count). The summed E-state index contributed by atoms with van der Waals surface area (Å²) in [6, 6.07) is 15.5. The largest absolute Gasteiger partial charge is 0.497 e. The number of carbonyl (C=O) groups is 1. The summed E-state index contributed by atoms with van der Waals surface area (Å²) < 4.78 is 10.4. The summed E-state index contributed by atoms with van der Waals surface area (Å²) in [4.78, 5) is 15.0. The maximum atomic E-state index is 12.6. The van der Waals surface area contributed by atoms with Gasteiger partial charge in [0.15, 0.2) is 0 Å². The molecule has 1 aliphatic rings. The first-order valence-electron chi connectivity index (χ1n) is 9.51. The molecule has 5 heteroatoms. The Bertz CT molecular complexity index is 722. The van der Waals surface area contributed by atoms with Crippen molar-refractivity contribution in [1.29, 1.82) is 0 Å². The Kier molecular flexibility index (Phi) is 6.71. The number of likely N-dealkylation sites (tertiary alicyclic amines) is 1. The third-order valence-corrected chi connectivity index (χ3v) is 5.14. The highest BCUT2D eigenvalue weighted by molar-refractivity contribution is 5.94. The van der Waals surface area contributed by atoms with Gasteiger partial charge in [-0.3, -0.25) is 9.69 Å². The second-order valence-electron chi connectivity index (χ2n) is 6.82. The van der Waals surface area contributed by atoms with E-state index in [1.165, 1.54) is 24.8 Å². The molecule has 1 atom stereocenters. The van der Waals surface area contributed by atoms with Gasteiger partial charge in [0, 0.05) is 12.1 Å². The van der Waals surface area contributed by atoms with Gasteiger partial charge in [0.25, 0.3) is 5.91 Å². The van der Waals surface area contributed by atoms with E-state index in [0.29, 0.717) is 12.1 Å². The number of nitrogens with zero attached hydrogens (tertiary/aromatic N) is 1. The predicted molar refractivity (Wildman–Crippen MR) is 106 cm³/mol. The molecule has 27 heavy (non-hydrogen) atoms. The average molecular weight is 368 g/mol. The molecule has 0 radical (unpaired) electrons. The minimum atomic E-state index is -0.0619. The highest BCUT2D eigenvalue weighted by Crippen LogP contribution is 2.26. The highest BCUT2D eigenvalue weighted by Gasteiger charge is 2.23. The van der Waals surface area contributed by atoms with Crippen LogP contribution in [-0.2, 0) is 0 Å². The number of hydrogen-bond acceptors (Lipinski definition) is 4. The second kappa shape index (κ2) is 9.42. The number of benzene rings is 2. The van der Waals surface area contributed by atoms with Crippen molar-refractivity contribution in [2.45, 2.75) is 25.3 Å². The van der Waals surface area contributed by atoms with E-state index in [4.69, 9.17) is 9.47 Å². The Balaban J connectivity index is 1.70. The van der Waals surface area contributed by atoms with Gasteiger partial charge < -0.3 is 14.8 Å². The van der Waals surface area contributed by atoms with Crippen molar-refractivity contribution in [3.63, 3.8) is 0 Å². The van der Waals surface area contributed by atoms with E-state index >= 15 is 0 Å². The van der Waals surface area contributed by atoms with Gasteiger partial charge in [-0.25, -0.2) is 0 Å². The Morgan fingerprint density at radius 1 is 0.926 bits per heavy atom. The summed E-state index contributed by atoms with van der Waals surface area (Å²) in [7, 11) is 3.29. The number of carbonyl (C=O) groups excluding carboxylic acids is 1. The van der Waals surface area contributed by atoms with Crippen LogP contribution >= 0.6 is 0 Å². The molecule has 1 fully saturated rings. The molecule has 0 aliphatic carbocycles. The summed E-state index contributed by atoms with van der Waals surface area (Å²) in [5.41, 5.74) is 1.84. The molecule has 0 saturated carbocycles. The van der Waals surface area contributed by atoms with Crippen LogP contribution < -0.4 is 14.8 Å². The zero-order chi connectivity index (χ0) is 19.1. The topological polar surface area (TPSA) is 50.8 Å². The Morgan fingerprint density at radius 3 is 2.04 bits per heavy atom. The number of amides is 1. The monoisotopic (exact) mass is 368 g/mol. The number of rotatable bonds is 7. The summed E-state index contributed by atoms with van der Waals surface area (Å²) in [5.74, 6) is 1.53. The number of nitrogens with one attached hydrogen (secondary N) is 1. The van der Waals surface area contributed by atoms with Gasteiger partial charge in [0.1, 0.15) is 11.5 Å². The number of methoxy groups -OCH3 is 2. The van der Waals surface area contributed by atoms with Crippen LogP contribution in [0, 0.1) is 0 Å². The normalized spacial score (nSPS) is 15.8. The third kappa shape index (κ3) is 5.01. The molecule has 0 unspecified atom stereocenters. The number of piperidine rings is 1. The Labute approximate surface area is 161 Å². The van der Waals surface area contributed by atoms with Gasteiger partial charge in [0.05, 0.1) is 20.3 Å². The van der Waals surface area contributed by atoms with Gasteiger partial charge in [-0.15, -0.1) is 0 Å². The molecule has 5 nitrogen and oxygen atoms in total. The fourth-order valence-electron chi connectivity index (χ4n) is 3.55. The molecule has 2 aromatic rings. The van der Waals surface area contributed by atoms with Crippen LogP contribution in [-0.4, -0.2) is 44.7 Å². The fraction of sp³-hybridized carbons (Fsp3) is 0.409. The Hall–Kier alpha value is -2.53. The first-order valence-corrected chi connectivity index (χ1v) is 9.51. The lowest BCUT2D eigenvalue weighted by Gasteiger charge is -2.35. The summed E-state index contributed by atoms with van der Waals surface area (Å²) in [6.07, 6.45) is 3.70. The van der Waals surface area contributed by atoms with Crippen molar-refractivity contribution >= 4 is 5.91 Å². The van der Waals surface area contributed by atoms with Crippen molar-refractivity contribution in [3.05, 3.63) is 59.7 Å². The molecule has 0 bridgehead atoms. The maximum absolute atomic E-state index is 12.6. The SMILES string of the molecule is COc1ccc(C(=O)NC[C@H](c2ccc(OC)cc2)N2CCCCC2)cc1. The minimum Gasteiger partial charge on any atom is -0.497 e. The first-order chi connectivity index (χ1) is 13.2. The minimum absolute atomic E-state index is 0.0619. The molecular formula is C22H28N2O3. The molecule has 2 aromatic carbocycles. The van der Waals surface area contributed by atoms with E-state index in [-0.39, 0.29) is 11.9 Å². The van der Waals surface area contributed by atoms with E-state index < -0.39 is 0 Å². The molecule has 1 saturated heterocycles. The van der Waals surface area contributed by atoms with E-state index in [2.05, 4.69) is 22.3 Å². The van der Waals surface area contributed by atoms with Crippen LogP contribution in [0.5, 0.6) is 11.5 Å².